The van der Waals surface area contributed by atoms with Gasteiger partial charge in [-0.1, -0.05) is 15.9 Å². The molecule has 20 heavy (non-hydrogen) atoms. The molecule has 0 bridgehead atoms. The highest BCUT2D eigenvalue weighted by Crippen LogP contribution is 2.37. The molecule has 0 heterocycles. The van der Waals surface area contributed by atoms with E-state index in [-0.39, 0.29) is 11.4 Å². The standard InChI is InChI=1S/C15H20BrNO3/c1-3-19-12-6-5-11(9-13(12)20-4-2)14(18)17-15(10-16)7-8-15/h5-6,9H,3-4,7-8,10H2,1-2H3,(H,17,18). The normalized spacial score (nSPS) is 15.6. The van der Waals surface area contributed by atoms with Crippen molar-refractivity contribution in [2.45, 2.75) is 32.2 Å². The Balaban J connectivity index is 2.15. The molecule has 1 fully saturated rings. The first-order valence-electron chi connectivity index (χ1n) is 6.92. The van der Waals surface area contributed by atoms with Crippen LogP contribution in [0.25, 0.3) is 0 Å². The Morgan fingerprint density at radius 3 is 2.45 bits per heavy atom. The minimum absolute atomic E-state index is 0.0541. The summed E-state index contributed by atoms with van der Waals surface area (Å²) in [4.78, 5) is 12.3. The molecular formula is C15H20BrNO3. The Kier molecular flexibility index (Phi) is 4.91. The predicted molar refractivity (Wildman–Crippen MR) is 82.0 cm³/mol. The van der Waals surface area contributed by atoms with Gasteiger partial charge in [-0.2, -0.15) is 0 Å². The van der Waals surface area contributed by atoms with Crippen LogP contribution in [0.15, 0.2) is 18.2 Å². The highest BCUT2D eigenvalue weighted by atomic mass is 79.9. The van der Waals surface area contributed by atoms with Crippen LogP contribution in [-0.4, -0.2) is 30.0 Å². The number of benzene rings is 1. The summed E-state index contributed by atoms with van der Waals surface area (Å²) >= 11 is 3.45. The molecule has 0 aromatic heterocycles. The molecule has 0 unspecified atom stereocenters. The maximum absolute atomic E-state index is 12.3. The minimum Gasteiger partial charge on any atom is -0.490 e. The van der Waals surface area contributed by atoms with Crippen LogP contribution in [0.4, 0.5) is 0 Å². The second kappa shape index (κ2) is 6.48. The molecule has 110 valence electrons. The second-order valence-corrected chi connectivity index (χ2v) is 5.46. The van der Waals surface area contributed by atoms with E-state index in [0.717, 1.165) is 18.2 Å². The molecule has 1 N–H and O–H groups in total. The monoisotopic (exact) mass is 341 g/mol. The van der Waals surface area contributed by atoms with Crippen molar-refractivity contribution in [2.24, 2.45) is 0 Å². The minimum atomic E-state index is -0.0639. The van der Waals surface area contributed by atoms with E-state index >= 15 is 0 Å². The van der Waals surface area contributed by atoms with Crippen LogP contribution >= 0.6 is 15.9 Å². The number of nitrogens with one attached hydrogen (secondary N) is 1. The number of carbonyl (C=O) groups excluding carboxylic acids is 1. The lowest BCUT2D eigenvalue weighted by molar-refractivity contribution is 0.0936. The Bertz CT molecular complexity index is 486. The van der Waals surface area contributed by atoms with Gasteiger partial charge < -0.3 is 14.8 Å². The van der Waals surface area contributed by atoms with Gasteiger partial charge in [0.05, 0.1) is 18.8 Å². The maximum atomic E-state index is 12.3. The molecule has 1 amide bonds. The summed E-state index contributed by atoms with van der Waals surface area (Å²) in [6.45, 7) is 4.94. The predicted octanol–water partition coefficient (Wildman–Crippen LogP) is 3.14. The average molecular weight is 342 g/mol. The fourth-order valence-electron chi connectivity index (χ4n) is 1.95. The van der Waals surface area contributed by atoms with E-state index in [1.54, 1.807) is 18.2 Å². The smallest absolute Gasteiger partial charge is 0.251 e. The third-order valence-electron chi connectivity index (χ3n) is 3.29. The molecule has 2 rings (SSSR count). The lowest BCUT2D eigenvalue weighted by Crippen LogP contribution is -2.38. The Hall–Kier alpha value is -1.23. The third-order valence-corrected chi connectivity index (χ3v) is 4.37. The van der Waals surface area contributed by atoms with Gasteiger partial charge in [0.2, 0.25) is 0 Å². The van der Waals surface area contributed by atoms with Gasteiger partial charge in [0.1, 0.15) is 0 Å². The molecule has 0 spiro atoms. The summed E-state index contributed by atoms with van der Waals surface area (Å²) < 4.78 is 11.0. The molecule has 0 saturated heterocycles. The highest BCUT2D eigenvalue weighted by Gasteiger charge is 2.43. The van der Waals surface area contributed by atoms with Gasteiger partial charge in [0.15, 0.2) is 11.5 Å². The van der Waals surface area contributed by atoms with Crippen LogP contribution in [0.2, 0.25) is 0 Å². The van der Waals surface area contributed by atoms with E-state index < -0.39 is 0 Å². The summed E-state index contributed by atoms with van der Waals surface area (Å²) in [6, 6.07) is 5.30. The van der Waals surface area contributed by atoms with Crippen LogP contribution in [-0.2, 0) is 0 Å². The van der Waals surface area contributed by atoms with Gasteiger partial charge in [-0.05, 0) is 44.9 Å². The fraction of sp³-hybridized carbons (Fsp3) is 0.533. The number of halogens is 1. The molecular weight excluding hydrogens is 322 g/mol. The summed E-state index contributed by atoms with van der Waals surface area (Å²) in [5.74, 6) is 1.23. The average Bonchev–Trinajstić information content (AvgIpc) is 3.21. The van der Waals surface area contributed by atoms with Crippen molar-refractivity contribution in [2.75, 3.05) is 18.5 Å². The molecule has 4 nitrogen and oxygen atoms in total. The van der Waals surface area contributed by atoms with Gasteiger partial charge in [-0.15, -0.1) is 0 Å². The first-order chi connectivity index (χ1) is 9.64. The SMILES string of the molecule is CCOc1ccc(C(=O)NC2(CBr)CC2)cc1OCC. The van der Waals surface area contributed by atoms with Crippen LogP contribution in [0.1, 0.15) is 37.0 Å². The van der Waals surface area contributed by atoms with E-state index in [9.17, 15) is 4.79 Å². The number of amides is 1. The molecule has 0 aliphatic heterocycles. The Morgan fingerprint density at radius 2 is 1.90 bits per heavy atom. The molecule has 1 aromatic rings. The first kappa shape index (κ1) is 15.2. The lowest BCUT2D eigenvalue weighted by atomic mass is 10.1. The molecule has 5 heteroatoms. The summed E-state index contributed by atoms with van der Waals surface area (Å²) in [5, 5.41) is 3.86. The largest absolute Gasteiger partial charge is 0.490 e. The molecule has 1 saturated carbocycles. The van der Waals surface area contributed by atoms with Crippen LogP contribution in [0, 0.1) is 0 Å². The lowest BCUT2D eigenvalue weighted by Gasteiger charge is -2.16. The molecule has 1 aliphatic carbocycles. The second-order valence-electron chi connectivity index (χ2n) is 4.90. The van der Waals surface area contributed by atoms with Crippen molar-refractivity contribution < 1.29 is 14.3 Å². The maximum Gasteiger partial charge on any atom is 0.251 e. The highest BCUT2D eigenvalue weighted by molar-refractivity contribution is 9.09. The zero-order valence-corrected chi connectivity index (χ0v) is 13.5. The third kappa shape index (κ3) is 3.45. The van der Waals surface area contributed by atoms with E-state index in [1.807, 2.05) is 13.8 Å². The van der Waals surface area contributed by atoms with Crippen molar-refractivity contribution in [1.82, 2.24) is 5.32 Å². The van der Waals surface area contributed by atoms with Crippen molar-refractivity contribution in [3.63, 3.8) is 0 Å². The van der Waals surface area contributed by atoms with E-state index in [2.05, 4.69) is 21.2 Å². The Morgan fingerprint density at radius 1 is 1.25 bits per heavy atom. The summed E-state index contributed by atoms with van der Waals surface area (Å²) in [6.07, 6.45) is 2.05. The number of alkyl halides is 1. The van der Waals surface area contributed by atoms with Gasteiger partial charge in [0, 0.05) is 10.9 Å². The zero-order valence-electron chi connectivity index (χ0n) is 11.9. The molecule has 1 aliphatic rings. The van der Waals surface area contributed by atoms with E-state index in [1.165, 1.54) is 0 Å². The molecule has 1 aromatic carbocycles. The summed E-state index contributed by atoms with van der Waals surface area (Å²) in [5.41, 5.74) is 0.547. The van der Waals surface area contributed by atoms with Gasteiger partial charge in [-0.25, -0.2) is 0 Å². The van der Waals surface area contributed by atoms with Gasteiger partial charge >= 0.3 is 0 Å². The van der Waals surface area contributed by atoms with Crippen molar-refractivity contribution in [1.29, 1.82) is 0 Å². The van der Waals surface area contributed by atoms with E-state index in [0.29, 0.717) is 30.3 Å². The van der Waals surface area contributed by atoms with Gasteiger partial charge in [-0.3, -0.25) is 4.79 Å². The first-order valence-corrected chi connectivity index (χ1v) is 8.04. The van der Waals surface area contributed by atoms with Crippen LogP contribution in [0.5, 0.6) is 11.5 Å². The number of hydrogen-bond donors (Lipinski definition) is 1. The number of ether oxygens (including phenoxy) is 2. The van der Waals surface area contributed by atoms with Crippen molar-refractivity contribution in [3.8, 4) is 11.5 Å². The quantitative estimate of drug-likeness (QED) is 0.775. The zero-order chi connectivity index (χ0) is 14.6. The van der Waals surface area contributed by atoms with E-state index in [4.69, 9.17) is 9.47 Å². The molecule has 0 radical (unpaired) electrons. The van der Waals surface area contributed by atoms with Crippen molar-refractivity contribution >= 4 is 21.8 Å². The van der Waals surface area contributed by atoms with Crippen molar-refractivity contribution in [3.05, 3.63) is 23.8 Å². The van der Waals surface area contributed by atoms with Crippen LogP contribution in [0.3, 0.4) is 0 Å². The van der Waals surface area contributed by atoms with Crippen LogP contribution < -0.4 is 14.8 Å². The van der Waals surface area contributed by atoms with Gasteiger partial charge in [0.25, 0.3) is 5.91 Å². The topological polar surface area (TPSA) is 47.6 Å². The molecule has 0 atom stereocenters. The number of rotatable bonds is 7. The number of carbonyl (C=O) groups is 1. The Labute approximate surface area is 128 Å². The fourth-order valence-corrected chi connectivity index (χ4v) is 2.65. The summed E-state index contributed by atoms with van der Waals surface area (Å²) in [7, 11) is 0. The number of hydrogen-bond acceptors (Lipinski definition) is 3.